The number of nitrogens with one attached hydrogen (secondary N) is 1. The van der Waals surface area contributed by atoms with E-state index in [0.717, 1.165) is 5.56 Å². The van der Waals surface area contributed by atoms with E-state index in [1.165, 1.54) is 23.2 Å². The van der Waals surface area contributed by atoms with Gasteiger partial charge in [0.2, 0.25) is 0 Å². The van der Waals surface area contributed by atoms with Crippen molar-refractivity contribution in [3.63, 3.8) is 0 Å². The maximum absolute atomic E-state index is 13.2. The van der Waals surface area contributed by atoms with Gasteiger partial charge in [-0.1, -0.05) is 23.8 Å². The SMILES string of the molecule is Cc1ccc(S(=O)(=O)[C@H](CNC(=O)C(=O)N2CCOCC2)c2cccnc2)cc1. The predicted molar refractivity (Wildman–Crippen MR) is 106 cm³/mol. The lowest BCUT2D eigenvalue weighted by Crippen LogP contribution is -2.48. The Labute approximate surface area is 169 Å². The van der Waals surface area contributed by atoms with Gasteiger partial charge in [0.1, 0.15) is 5.25 Å². The summed E-state index contributed by atoms with van der Waals surface area (Å²) in [5, 5.41) is 1.42. The second kappa shape index (κ2) is 9.15. The third-order valence-electron chi connectivity index (χ3n) is 4.72. The van der Waals surface area contributed by atoms with E-state index in [2.05, 4.69) is 10.3 Å². The number of amides is 2. The van der Waals surface area contributed by atoms with Crippen molar-refractivity contribution in [3.8, 4) is 0 Å². The number of aryl methyl sites for hydroxylation is 1. The molecule has 9 heteroatoms. The van der Waals surface area contributed by atoms with Crippen LogP contribution in [-0.2, 0) is 24.2 Å². The molecule has 1 N–H and O–H groups in total. The molecule has 0 saturated carbocycles. The summed E-state index contributed by atoms with van der Waals surface area (Å²) in [5.74, 6) is -1.52. The van der Waals surface area contributed by atoms with E-state index in [4.69, 9.17) is 4.74 Å². The molecule has 2 heterocycles. The molecule has 0 spiro atoms. The average Bonchev–Trinajstić information content (AvgIpc) is 2.74. The minimum Gasteiger partial charge on any atom is -0.378 e. The highest BCUT2D eigenvalue weighted by molar-refractivity contribution is 7.91. The summed E-state index contributed by atoms with van der Waals surface area (Å²) in [5.41, 5.74) is 1.37. The Morgan fingerprint density at radius 1 is 1.17 bits per heavy atom. The van der Waals surface area contributed by atoms with Gasteiger partial charge in [-0.2, -0.15) is 0 Å². The number of pyridine rings is 1. The molecule has 154 valence electrons. The van der Waals surface area contributed by atoms with Crippen LogP contribution in [0.5, 0.6) is 0 Å². The molecule has 3 rings (SSSR count). The second-order valence-electron chi connectivity index (χ2n) is 6.75. The second-order valence-corrected chi connectivity index (χ2v) is 8.88. The summed E-state index contributed by atoms with van der Waals surface area (Å²) in [6.07, 6.45) is 2.99. The summed E-state index contributed by atoms with van der Waals surface area (Å²) >= 11 is 0. The van der Waals surface area contributed by atoms with Gasteiger partial charge in [-0.3, -0.25) is 14.6 Å². The van der Waals surface area contributed by atoms with E-state index in [1.54, 1.807) is 30.5 Å². The molecule has 1 atom stereocenters. The maximum Gasteiger partial charge on any atom is 0.312 e. The van der Waals surface area contributed by atoms with E-state index in [0.29, 0.717) is 31.9 Å². The number of sulfone groups is 1. The Balaban J connectivity index is 1.80. The van der Waals surface area contributed by atoms with Gasteiger partial charge in [-0.05, 0) is 30.7 Å². The van der Waals surface area contributed by atoms with Crippen molar-refractivity contribution >= 4 is 21.7 Å². The van der Waals surface area contributed by atoms with E-state index < -0.39 is 26.9 Å². The van der Waals surface area contributed by atoms with E-state index in [-0.39, 0.29) is 11.4 Å². The van der Waals surface area contributed by atoms with E-state index >= 15 is 0 Å². The van der Waals surface area contributed by atoms with Crippen LogP contribution >= 0.6 is 0 Å². The Morgan fingerprint density at radius 3 is 2.48 bits per heavy atom. The topological polar surface area (TPSA) is 106 Å². The number of aromatic nitrogens is 1. The molecule has 0 bridgehead atoms. The molecule has 2 amide bonds. The van der Waals surface area contributed by atoms with Crippen LogP contribution in [0.1, 0.15) is 16.4 Å². The Kier molecular flexibility index (Phi) is 6.60. The van der Waals surface area contributed by atoms with Gasteiger partial charge in [0.25, 0.3) is 0 Å². The summed E-state index contributed by atoms with van der Waals surface area (Å²) in [4.78, 5) is 30.2. The Bertz CT molecular complexity index is 955. The van der Waals surface area contributed by atoms with Crippen molar-refractivity contribution in [1.29, 1.82) is 0 Å². The highest BCUT2D eigenvalue weighted by Crippen LogP contribution is 2.28. The fraction of sp³-hybridized carbons (Fsp3) is 0.350. The predicted octanol–water partition coefficient (Wildman–Crippen LogP) is 0.880. The lowest BCUT2D eigenvalue weighted by Gasteiger charge is -2.26. The number of morpholine rings is 1. The smallest absolute Gasteiger partial charge is 0.312 e. The molecular formula is C20H23N3O5S. The zero-order valence-electron chi connectivity index (χ0n) is 16.1. The highest BCUT2D eigenvalue weighted by atomic mass is 32.2. The van der Waals surface area contributed by atoms with Crippen molar-refractivity contribution in [3.05, 3.63) is 59.9 Å². The molecule has 2 aromatic rings. The van der Waals surface area contributed by atoms with Crippen LogP contribution in [0, 0.1) is 6.92 Å². The molecule has 0 unspecified atom stereocenters. The number of carbonyl (C=O) groups is 2. The first kappa shape index (κ1) is 20.9. The summed E-state index contributed by atoms with van der Waals surface area (Å²) < 4.78 is 31.7. The normalized spacial score (nSPS) is 15.6. The van der Waals surface area contributed by atoms with Crippen LogP contribution in [0.15, 0.2) is 53.7 Å². The Morgan fingerprint density at radius 2 is 1.86 bits per heavy atom. The number of hydrogen-bond acceptors (Lipinski definition) is 6. The monoisotopic (exact) mass is 417 g/mol. The molecule has 1 saturated heterocycles. The molecule has 29 heavy (non-hydrogen) atoms. The zero-order valence-corrected chi connectivity index (χ0v) is 16.9. The first-order chi connectivity index (χ1) is 13.9. The molecule has 0 radical (unpaired) electrons. The largest absolute Gasteiger partial charge is 0.378 e. The molecule has 0 aliphatic carbocycles. The zero-order chi connectivity index (χ0) is 20.9. The van der Waals surface area contributed by atoms with Crippen LogP contribution in [0.2, 0.25) is 0 Å². The van der Waals surface area contributed by atoms with Crippen LogP contribution in [0.3, 0.4) is 0 Å². The number of rotatable bonds is 5. The average molecular weight is 417 g/mol. The van der Waals surface area contributed by atoms with Crippen LogP contribution < -0.4 is 5.32 Å². The number of carbonyl (C=O) groups excluding carboxylic acids is 2. The third kappa shape index (κ3) is 4.99. The minimum atomic E-state index is -3.82. The van der Waals surface area contributed by atoms with Gasteiger partial charge in [-0.25, -0.2) is 8.42 Å². The summed E-state index contributed by atoms with van der Waals surface area (Å²) in [6.45, 7) is 3.04. The van der Waals surface area contributed by atoms with Crippen molar-refractivity contribution in [2.75, 3.05) is 32.8 Å². The number of ether oxygens (including phenoxy) is 1. The molecule has 1 fully saturated rings. The van der Waals surface area contributed by atoms with Crippen molar-refractivity contribution in [2.45, 2.75) is 17.1 Å². The fourth-order valence-electron chi connectivity index (χ4n) is 3.04. The van der Waals surface area contributed by atoms with Gasteiger partial charge in [0.15, 0.2) is 9.84 Å². The maximum atomic E-state index is 13.2. The van der Waals surface area contributed by atoms with Gasteiger partial charge < -0.3 is 15.0 Å². The standard InChI is InChI=1S/C20H23N3O5S/c1-15-4-6-17(7-5-15)29(26,27)18(16-3-2-8-21-13-16)14-22-19(24)20(25)23-9-11-28-12-10-23/h2-8,13,18H,9-12,14H2,1H3,(H,22,24)/t18-/m1/s1. The fourth-order valence-corrected chi connectivity index (χ4v) is 4.68. The molecule has 1 aliphatic heterocycles. The van der Waals surface area contributed by atoms with Crippen LogP contribution in [0.25, 0.3) is 0 Å². The van der Waals surface area contributed by atoms with Crippen LogP contribution in [0.4, 0.5) is 0 Å². The molecule has 1 aliphatic rings. The molecular weight excluding hydrogens is 394 g/mol. The van der Waals surface area contributed by atoms with Gasteiger partial charge >= 0.3 is 11.8 Å². The van der Waals surface area contributed by atoms with Crippen molar-refractivity contribution < 1.29 is 22.7 Å². The van der Waals surface area contributed by atoms with E-state index in [1.807, 2.05) is 6.92 Å². The summed E-state index contributed by atoms with van der Waals surface area (Å²) in [6, 6.07) is 9.78. The molecule has 8 nitrogen and oxygen atoms in total. The quantitative estimate of drug-likeness (QED) is 0.724. The first-order valence-corrected chi connectivity index (χ1v) is 10.8. The van der Waals surface area contributed by atoms with Crippen molar-refractivity contribution in [2.24, 2.45) is 0 Å². The lowest BCUT2D eigenvalue weighted by molar-refractivity contribution is -0.148. The lowest BCUT2D eigenvalue weighted by atomic mass is 10.2. The number of hydrogen-bond donors (Lipinski definition) is 1. The number of benzene rings is 1. The minimum absolute atomic E-state index is 0.144. The van der Waals surface area contributed by atoms with Gasteiger partial charge in [0.05, 0.1) is 18.1 Å². The Hall–Kier alpha value is -2.78. The van der Waals surface area contributed by atoms with Gasteiger partial charge in [-0.15, -0.1) is 0 Å². The third-order valence-corrected chi connectivity index (χ3v) is 6.84. The van der Waals surface area contributed by atoms with Gasteiger partial charge in [0, 0.05) is 32.0 Å². The van der Waals surface area contributed by atoms with Crippen molar-refractivity contribution in [1.82, 2.24) is 15.2 Å². The summed E-state index contributed by atoms with van der Waals surface area (Å²) in [7, 11) is -3.82. The highest BCUT2D eigenvalue weighted by Gasteiger charge is 2.31. The molecule has 1 aromatic heterocycles. The molecule has 1 aromatic carbocycles. The van der Waals surface area contributed by atoms with Crippen LogP contribution in [-0.4, -0.2) is 63.0 Å². The number of nitrogens with zero attached hydrogens (tertiary/aromatic N) is 2. The first-order valence-electron chi connectivity index (χ1n) is 9.25. The van der Waals surface area contributed by atoms with E-state index in [9.17, 15) is 18.0 Å².